The minimum absolute atomic E-state index is 0.177. The first-order valence-corrected chi connectivity index (χ1v) is 6.85. The lowest BCUT2D eigenvalue weighted by molar-refractivity contribution is -0.159. The summed E-state index contributed by atoms with van der Waals surface area (Å²) >= 11 is 0. The molecule has 0 N–H and O–H groups in total. The lowest BCUT2D eigenvalue weighted by Crippen LogP contribution is -2.37. The highest BCUT2D eigenvalue weighted by atomic mass is 16.5. The Balaban J connectivity index is 2.75. The first-order valence-electron chi connectivity index (χ1n) is 6.85. The van der Waals surface area contributed by atoms with Gasteiger partial charge in [0.25, 0.3) is 0 Å². The van der Waals surface area contributed by atoms with Gasteiger partial charge in [0, 0.05) is 4.91 Å². The lowest BCUT2D eigenvalue weighted by Gasteiger charge is -2.23. The van der Waals surface area contributed by atoms with Crippen LogP contribution in [-0.2, 0) is 20.7 Å². The van der Waals surface area contributed by atoms with Crippen molar-refractivity contribution in [3.8, 4) is 0 Å². The molecule has 0 aliphatic carbocycles. The molecule has 0 aliphatic rings. The van der Waals surface area contributed by atoms with E-state index in [0.717, 1.165) is 12.0 Å². The number of hydrogen-bond acceptors (Lipinski definition) is 3. The third-order valence-electron chi connectivity index (χ3n) is 3.32. The number of benzene rings is 1. The van der Waals surface area contributed by atoms with Crippen LogP contribution < -0.4 is 0 Å². The fraction of sp³-hybridized carbons (Fsp3) is 0.467. The highest BCUT2D eigenvalue weighted by Gasteiger charge is 2.41. The highest BCUT2D eigenvalue weighted by Crippen LogP contribution is 2.28. The average molecular weight is 289 g/mol. The van der Waals surface area contributed by atoms with E-state index >= 15 is 0 Å². The molecule has 1 unspecified atom stereocenters. The fourth-order valence-corrected chi connectivity index (χ4v) is 2.03. The standard InChI is InChI=1S/C15H19N3O3/c1-3-21-14(20)15(2,13(19)17-18-16)11-7-10-12-8-5-4-6-9-12/h4-6,8-9H,3,7,10-11H2,1-2H3. The number of ether oxygens (including phenoxy) is 1. The zero-order valence-corrected chi connectivity index (χ0v) is 12.3. The molecule has 0 aliphatic heterocycles. The Morgan fingerprint density at radius 1 is 1.33 bits per heavy atom. The molecule has 112 valence electrons. The molecule has 6 heteroatoms. The van der Waals surface area contributed by atoms with Gasteiger partial charge in [0.15, 0.2) is 0 Å². The average Bonchev–Trinajstić information content (AvgIpc) is 2.48. The lowest BCUT2D eigenvalue weighted by atomic mass is 9.83. The number of aryl methyl sites for hydroxylation is 1. The van der Waals surface area contributed by atoms with E-state index in [4.69, 9.17) is 10.3 Å². The van der Waals surface area contributed by atoms with Crippen LogP contribution in [0, 0.1) is 5.41 Å². The molecular formula is C15H19N3O3. The number of esters is 1. The molecule has 0 fully saturated rings. The van der Waals surface area contributed by atoms with Crippen LogP contribution in [0.5, 0.6) is 0 Å². The molecule has 21 heavy (non-hydrogen) atoms. The first-order chi connectivity index (χ1) is 10.0. The van der Waals surface area contributed by atoms with Crippen molar-refractivity contribution in [3.05, 3.63) is 46.3 Å². The molecule has 0 spiro atoms. The molecule has 0 aromatic heterocycles. The van der Waals surface area contributed by atoms with Crippen LogP contribution in [0.4, 0.5) is 0 Å². The molecule has 1 aromatic rings. The number of rotatable bonds is 7. The maximum atomic E-state index is 12.0. The Morgan fingerprint density at radius 2 is 2.00 bits per heavy atom. The third-order valence-corrected chi connectivity index (χ3v) is 3.32. The zero-order valence-electron chi connectivity index (χ0n) is 12.3. The van der Waals surface area contributed by atoms with Crippen LogP contribution >= 0.6 is 0 Å². The van der Waals surface area contributed by atoms with Gasteiger partial charge in [-0.25, -0.2) is 0 Å². The van der Waals surface area contributed by atoms with Crippen molar-refractivity contribution in [3.63, 3.8) is 0 Å². The molecular weight excluding hydrogens is 270 g/mol. The highest BCUT2D eigenvalue weighted by molar-refractivity contribution is 6.02. The second-order valence-corrected chi connectivity index (χ2v) is 4.89. The second-order valence-electron chi connectivity index (χ2n) is 4.89. The molecule has 0 saturated heterocycles. The van der Waals surface area contributed by atoms with Crippen LogP contribution in [-0.4, -0.2) is 18.5 Å². The van der Waals surface area contributed by atoms with Crippen molar-refractivity contribution in [2.45, 2.75) is 33.1 Å². The number of carbonyl (C=O) groups is 2. The van der Waals surface area contributed by atoms with E-state index in [1.807, 2.05) is 30.3 Å². The molecule has 0 radical (unpaired) electrons. The topological polar surface area (TPSA) is 92.1 Å². The van der Waals surface area contributed by atoms with Crippen molar-refractivity contribution >= 4 is 11.9 Å². The predicted octanol–water partition coefficient (Wildman–Crippen LogP) is 3.42. The molecule has 1 amide bonds. The molecule has 0 bridgehead atoms. The van der Waals surface area contributed by atoms with Crippen molar-refractivity contribution in [1.29, 1.82) is 0 Å². The Morgan fingerprint density at radius 3 is 2.57 bits per heavy atom. The number of azide groups is 1. The van der Waals surface area contributed by atoms with Gasteiger partial charge in [0.1, 0.15) is 5.41 Å². The van der Waals surface area contributed by atoms with Crippen LogP contribution in [0.3, 0.4) is 0 Å². The zero-order chi connectivity index (χ0) is 15.7. The summed E-state index contributed by atoms with van der Waals surface area (Å²) in [5, 5.41) is 3.07. The largest absolute Gasteiger partial charge is 0.465 e. The van der Waals surface area contributed by atoms with Gasteiger partial charge < -0.3 is 4.74 Å². The summed E-state index contributed by atoms with van der Waals surface area (Å²) < 4.78 is 4.93. The van der Waals surface area contributed by atoms with Crippen molar-refractivity contribution in [2.24, 2.45) is 10.5 Å². The molecule has 6 nitrogen and oxygen atoms in total. The first kappa shape index (κ1) is 16.7. The smallest absolute Gasteiger partial charge is 0.319 e. The van der Waals surface area contributed by atoms with E-state index in [1.165, 1.54) is 6.92 Å². The third kappa shape index (κ3) is 4.61. The Bertz CT molecular complexity index is 538. The summed E-state index contributed by atoms with van der Waals surface area (Å²) in [5.41, 5.74) is 8.11. The van der Waals surface area contributed by atoms with Crippen molar-refractivity contribution < 1.29 is 14.3 Å². The van der Waals surface area contributed by atoms with Gasteiger partial charge in [-0.15, -0.1) is 0 Å². The summed E-state index contributed by atoms with van der Waals surface area (Å²) in [5.74, 6) is -1.44. The van der Waals surface area contributed by atoms with E-state index < -0.39 is 17.3 Å². The molecule has 0 heterocycles. The number of nitrogens with zero attached hydrogens (tertiary/aromatic N) is 3. The second kappa shape index (κ2) is 8.07. The summed E-state index contributed by atoms with van der Waals surface area (Å²) in [4.78, 5) is 26.4. The summed E-state index contributed by atoms with van der Waals surface area (Å²) in [6, 6.07) is 9.77. The Kier molecular flexibility index (Phi) is 6.43. The van der Waals surface area contributed by atoms with Gasteiger partial charge in [-0.1, -0.05) is 30.3 Å². The quantitative estimate of drug-likeness (QED) is 0.253. The minimum atomic E-state index is -1.42. The van der Waals surface area contributed by atoms with E-state index in [1.54, 1.807) is 6.92 Å². The molecule has 0 saturated carbocycles. The molecule has 1 aromatic carbocycles. The van der Waals surface area contributed by atoms with Crippen LogP contribution in [0.15, 0.2) is 35.4 Å². The predicted molar refractivity (Wildman–Crippen MR) is 78.3 cm³/mol. The summed E-state index contributed by atoms with van der Waals surface area (Å²) in [6.07, 6.45) is 1.63. The van der Waals surface area contributed by atoms with E-state index in [9.17, 15) is 9.59 Å². The van der Waals surface area contributed by atoms with Gasteiger partial charge in [-0.3, -0.25) is 9.59 Å². The maximum Gasteiger partial charge on any atom is 0.319 e. The molecule has 1 atom stereocenters. The van der Waals surface area contributed by atoms with E-state index in [-0.39, 0.29) is 13.0 Å². The monoisotopic (exact) mass is 289 g/mol. The number of hydrogen-bond donors (Lipinski definition) is 0. The Labute approximate surface area is 123 Å². The summed E-state index contributed by atoms with van der Waals surface area (Å²) in [7, 11) is 0. The van der Waals surface area contributed by atoms with Gasteiger partial charge in [0.2, 0.25) is 5.91 Å². The number of amides is 1. The van der Waals surface area contributed by atoms with Crippen LogP contribution in [0.2, 0.25) is 0 Å². The van der Waals surface area contributed by atoms with Crippen LogP contribution in [0.1, 0.15) is 32.3 Å². The Hall–Kier alpha value is -2.33. The van der Waals surface area contributed by atoms with E-state index in [2.05, 4.69) is 10.0 Å². The maximum absolute atomic E-state index is 12.0. The number of carbonyl (C=O) groups excluding carboxylic acids is 2. The van der Waals surface area contributed by atoms with Crippen molar-refractivity contribution in [2.75, 3.05) is 6.61 Å². The fourth-order valence-electron chi connectivity index (χ4n) is 2.03. The SMILES string of the molecule is CCOC(=O)C(C)(CCCc1ccccc1)C(=O)N=[N+]=[N-]. The minimum Gasteiger partial charge on any atom is -0.465 e. The van der Waals surface area contributed by atoms with Gasteiger partial charge in [-0.2, -0.15) is 0 Å². The van der Waals surface area contributed by atoms with Crippen molar-refractivity contribution in [1.82, 2.24) is 0 Å². The van der Waals surface area contributed by atoms with Gasteiger partial charge in [-0.05, 0) is 49.3 Å². The summed E-state index contributed by atoms with van der Waals surface area (Å²) in [6.45, 7) is 3.31. The van der Waals surface area contributed by atoms with Gasteiger partial charge in [0.05, 0.1) is 6.61 Å². The molecule has 1 rings (SSSR count). The van der Waals surface area contributed by atoms with Crippen LogP contribution in [0.25, 0.3) is 10.4 Å². The van der Waals surface area contributed by atoms with E-state index in [0.29, 0.717) is 6.42 Å². The van der Waals surface area contributed by atoms with Gasteiger partial charge >= 0.3 is 5.97 Å². The normalized spacial score (nSPS) is 12.9.